The van der Waals surface area contributed by atoms with Crippen LogP contribution in [0, 0.1) is 5.82 Å². The van der Waals surface area contributed by atoms with Crippen LogP contribution in [0.4, 0.5) is 8.78 Å². The molecule has 3 rings (SSSR count). The number of carboxylic acids is 1. The molecule has 0 bridgehead atoms. The van der Waals surface area contributed by atoms with Gasteiger partial charge in [0.25, 0.3) is 0 Å². The first-order valence-corrected chi connectivity index (χ1v) is 7.86. The summed E-state index contributed by atoms with van der Waals surface area (Å²) in [7, 11) is 0. The Labute approximate surface area is 133 Å². The zero-order valence-corrected chi connectivity index (χ0v) is 12.7. The quantitative estimate of drug-likeness (QED) is 0.930. The number of halogens is 2. The molecule has 2 aliphatic rings. The first-order chi connectivity index (χ1) is 10.9. The van der Waals surface area contributed by atoms with E-state index in [4.69, 9.17) is 5.11 Å². The lowest BCUT2D eigenvalue weighted by Gasteiger charge is -2.33. The van der Waals surface area contributed by atoms with Gasteiger partial charge in [0.2, 0.25) is 11.6 Å². The van der Waals surface area contributed by atoms with Crippen LogP contribution in [-0.4, -0.2) is 40.6 Å². The Balaban J connectivity index is 1.93. The van der Waals surface area contributed by atoms with E-state index in [2.05, 4.69) is 0 Å². The number of carbonyl (C=O) groups is 2. The highest BCUT2D eigenvalue weighted by molar-refractivity contribution is 5.90. The Morgan fingerprint density at radius 2 is 1.78 bits per heavy atom. The predicted octanol–water partition coefficient (Wildman–Crippen LogP) is 2.66. The van der Waals surface area contributed by atoms with E-state index < -0.39 is 29.4 Å². The largest absolute Gasteiger partial charge is 0.479 e. The summed E-state index contributed by atoms with van der Waals surface area (Å²) in [5.41, 5.74) is -3.05. The van der Waals surface area contributed by atoms with Crippen LogP contribution in [0.5, 0.6) is 0 Å². The fraction of sp³-hybridized carbons (Fsp3) is 0.529. The normalized spacial score (nSPS) is 26.4. The molecule has 1 amide bonds. The number of carbonyl (C=O) groups excluding carboxylic acids is 1. The third-order valence-corrected chi connectivity index (χ3v) is 5.15. The maximum Gasteiger partial charge on any atom is 0.343 e. The Kier molecular flexibility index (Phi) is 3.86. The number of carboxylic acid groups (broad SMARTS) is 1. The number of hydrogen-bond donors (Lipinski definition) is 1. The average molecular weight is 323 g/mol. The van der Waals surface area contributed by atoms with Gasteiger partial charge in [-0.2, -0.15) is 0 Å². The van der Waals surface area contributed by atoms with Gasteiger partial charge in [-0.05, 0) is 18.9 Å². The average Bonchev–Trinajstić information content (AvgIpc) is 3.15. The topological polar surface area (TPSA) is 57.6 Å². The highest BCUT2D eigenvalue weighted by Gasteiger charge is 2.52. The van der Waals surface area contributed by atoms with Crippen molar-refractivity contribution in [3.05, 3.63) is 35.6 Å². The molecule has 1 unspecified atom stereocenters. The van der Waals surface area contributed by atoms with E-state index in [0.717, 1.165) is 12.8 Å². The van der Waals surface area contributed by atoms with Crippen LogP contribution in [0.3, 0.4) is 0 Å². The number of rotatable bonds is 3. The van der Waals surface area contributed by atoms with Crippen LogP contribution in [-0.2, 0) is 15.0 Å². The van der Waals surface area contributed by atoms with Gasteiger partial charge in [-0.15, -0.1) is 0 Å². The van der Waals surface area contributed by atoms with Crippen LogP contribution in [0.25, 0.3) is 0 Å². The van der Waals surface area contributed by atoms with Crippen molar-refractivity contribution in [3.63, 3.8) is 0 Å². The molecular formula is C17H19F2NO3. The zero-order valence-electron chi connectivity index (χ0n) is 12.7. The van der Waals surface area contributed by atoms with Crippen molar-refractivity contribution in [2.45, 2.75) is 43.2 Å². The van der Waals surface area contributed by atoms with Gasteiger partial charge in [-0.3, -0.25) is 4.79 Å². The molecule has 2 fully saturated rings. The highest BCUT2D eigenvalue weighted by atomic mass is 19.1. The second kappa shape index (κ2) is 5.58. The molecule has 6 heteroatoms. The minimum Gasteiger partial charge on any atom is -0.479 e. The number of alkyl halides is 1. The van der Waals surface area contributed by atoms with E-state index in [1.807, 2.05) is 0 Å². The number of aliphatic carboxylic acids is 1. The second-order valence-corrected chi connectivity index (χ2v) is 6.52. The van der Waals surface area contributed by atoms with Crippen LogP contribution < -0.4 is 0 Å². The molecule has 0 spiro atoms. The lowest BCUT2D eigenvalue weighted by molar-refractivity contribution is -0.150. The molecule has 0 radical (unpaired) electrons. The molecule has 1 heterocycles. The summed E-state index contributed by atoms with van der Waals surface area (Å²) in [6.07, 6.45) is 2.40. The number of amides is 1. The lowest BCUT2D eigenvalue weighted by Crippen LogP contribution is -2.47. The van der Waals surface area contributed by atoms with Gasteiger partial charge in [0.1, 0.15) is 5.82 Å². The second-order valence-electron chi connectivity index (χ2n) is 6.52. The summed E-state index contributed by atoms with van der Waals surface area (Å²) >= 11 is 0. The fourth-order valence-corrected chi connectivity index (χ4v) is 3.85. The van der Waals surface area contributed by atoms with Crippen LogP contribution in [0.2, 0.25) is 0 Å². The Morgan fingerprint density at radius 1 is 1.13 bits per heavy atom. The van der Waals surface area contributed by atoms with Gasteiger partial charge in [0.05, 0.1) is 12.0 Å². The molecule has 1 aliphatic heterocycles. The first kappa shape index (κ1) is 15.9. The van der Waals surface area contributed by atoms with Crippen molar-refractivity contribution >= 4 is 11.9 Å². The van der Waals surface area contributed by atoms with Gasteiger partial charge in [0, 0.05) is 18.5 Å². The summed E-state index contributed by atoms with van der Waals surface area (Å²) in [6, 6.07) is 6.18. The maximum atomic E-state index is 14.3. The Hall–Kier alpha value is -1.98. The summed E-state index contributed by atoms with van der Waals surface area (Å²) in [5, 5.41) is 8.99. The fourth-order valence-electron chi connectivity index (χ4n) is 3.85. The number of nitrogens with zero attached hydrogens (tertiary/aromatic N) is 1. The molecule has 1 aromatic carbocycles. The van der Waals surface area contributed by atoms with Gasteiger partial charge in [0.15, 0.2) is 0 Å². The van der Waals surface area contributed by atoms with Gasteiger partial charge >= 0.3 is 5.97 Å². The summed E-state index contributed by atoms with van der Waals surface area (Å²) in [4.78, 5) is 25.3. The zero-order chi connectivity index (χ0) is 16.7. The third kappa shape index (κ3) is 2.50. The minimum atomic E-state index is -2.40. The Bertz CT molecular complexity index is 642. The van der Waals surface area contributed by atoms with Crippen molar-refractivity contribution in [2.75, 3.05) is 13.1 Å². The summed E-state index contributed by atoms with van der Waals surface area (Å²) in [6.45, 7) is -0.408. The molecule has 1 N–H and O–H groups in total. The Morgan fingerprint density at radius 3 is 2.35 bits per heavy atom. The number of likely N-dealkylation sites (tertiary alicyclic amines) is 1. The van der Waals surface area contributed by atoms with Gasteiger partial charge in [-0.25, -0.2) is 13.6 Å². The molecule has 124 valence electrons. The summed E-state index contributed by atoms with van der Waals surface area (Å²) < 4.78 is 28.5. The van der Waals surface area contributed by atoms with Crippen molar-refractivity contribution in [1.29, 1.82) is 0 Å². The molecular weight excluding hydrogens is 304 g/mol. The minimum absolute atomic E-state index is 0.0534. The predicted molar refractivity (Wildman–Crippen MR) is 79.2 cm³/mol. The van der Waals surface area contributed by atoms with Crippen LogP contribution in [0.15, 0.2) is 24.3 Å². The molecule has 1 aliphatic carbocycles. The number of hydrogen-bond acceptors (Lipinski definition) is 2. The van der Waals surface area contributed by atoms with E-state index in [9.17, 15) is 18.4 Å². The van der Waals surface area contributed by atoms with Crippen molar-refractivity contribution in [1.82, 2.24) is 4.90 Å². The smallest absolute Gasteiger partial charge is 0.343 e. The van der Waals surface area contributed by atoms with E-state index in [1.54, 1.807) is 18.2 Å². The summed E-state index contributed by atoms with van der Waals surface area (Å²) in [5.74, 6) is -2.33. The van der Waals surface area contributed by atoms with Crippen LogP contribution in [0.1, 0.15) is 37.7 Å². The molecule has 1 aromatic rings. The molecule has 0 aromatic heterocycles. The van der Waals surface area contributed by atoms with Crippen molar-refractivity contribution < 1.29 is 23.5 Å². The van der Waals surface area contributed by atoms with E-state index in [0.29, 0.717) is 18.4 Å². The SMILES string of the molecule is O=C(O)C1(F)CCN(C(=O)C2(c3ccccc3F)CCCC2)C1. The lowest BCUT2D eigenvalue weighted by atomic mass is 9.77. The third-order valence-electron chi connectivity index (χ3n) is 5.15. The monoisotopic (exact) mass is 323 g/mol. The number of benzene rings is 1. The van der Waals surface area contributed by atoms with Gasteiger partial charge in [-0.1, -0.05) is 31.0 Å². The highest BCUT2D eigenvalue weighted by Crippen LogP contribution is 2.44. The van der Waals surface area contributed by atoms with Crippen LogP contribution >= 0.6 is 0 Å². The molecule has 1 saturated heterocycles. The van der Waals surface area contributed by atoms with Crippen molar-refractivity contribution in [2.24, 2.45) is 0 Å². The van der Waals surface area contributed by atoms with E-state index in [-0.39, 0.29) is 18.9 Å². The molecule has 23 heavy (non-hydrogen) atoms. The van der Waals surface area contributed by atoms with Gasteiger partial charge < -0.3 is 10.0 Å². The standard InChI is InChI=1S/C17H19F2NO3/c18-13-6-2-1-5-12(13)16(7-3-4-8-16)14(21)20-10-9-17(19,11-20)15(22)23/h1-2,5-6H,3-4,7-11H2,(H,22,23). The molecule has 4 nitrogen and oxygen atoms in total. The van der Waals surface area contributed by atoms with E-state index >= 15 is 0 Å². The molecule has 1 atom stereocenters. The molecule has 1 saturated carbocycles. The van der Waals surface area contributed by atoms with Crippen molar-refractivity contribution in [3.8, 4) is 0 Å². The van der Waals surface area contributed by atoms with E-state index in [1.165, 1.54) is 11.0 Å². The maximum absolute atomic E-state index is 14.3. The first-order valence-electron chi connectivity index (χ1n) is 7.86.